The number of aryl methyl sites for hydroxylation is 2. The van der Waals surface area contributed by atoms with Gasteiger partial charge in [0.15, 0.2) is 5.78 Å². The Hall–Kier alpha value is -1.19. The van der Waals surface area contributed by atoms with Crippen molar-refractivity contribution in [2.24, 2.45) is 0 Å². The maximum absolute atomic E-state index is 12.4. The Kier molecular flexibility index (Phi) is 4.61. The summed E-state index contributed by atoms with van der Waals surface area (Å²) in [4.78, 5) is 17.1. The molecule has 110 valence electrons. The lowest BCUT2D eigenvalue weighted by atomic mass is 10.0. The van der Waals surface area contributed by atoms with Crippen LogP contribution in [0.5, 0.6) is 0 Å². The van der Waals surface area contributed by atoms with Crippen molar-refractivity contribution in [2.75, 3.05) is 26.7 Å². The molecule has 1 fully saturated rings. The number of hydrogen-bond acceptors (Lipinski definition) is 3. The van der Waals surface area contributed by atoms with Gasteiger partial charge in [0.1, 0.15) is 0 Å². The average molecular weight is 274 g/mol. The number of nitrogens with zero attached hydrogens (tertiary/aromatic N) is 2. The Bertz CT molecular complexity index is 486. The molecule has 1 aromatic carbocycles. The second-order valence-corrected chi connectivity index (χ2v) is 6.28. The smallest absolute Gasteiger partial charge is 0.176 e. The normalized spacial score (nSPS) is 24.9. The second kappa shape index (κ2) is 6.06. The van der Waals surface area contributed by atoms with E-state index in [-0.39, 0.29) is 5.78 Å². The molecule has 0 aliphatic carbocycles. The Morgan fingerprint density at radius 3 is 2.30 bits per heavy atom. The van der Waals surface area contributed by atoms with Gasteiger partial charge in [-0.3, -0.25) is 14.6 Å². The van der Waals surface area contributed by atoms with Gasteiger partial charge in [-0.15, -0.1) is 0 Å². The minimum absolute atomic E-state index is 0.233. The van der Waals surface area contributed by atoms with Gasteiger partial charge in [-0.1, -0.05) is 12.1 Å². The summed E-state index contributed by atoms with van der Waals surface area (Å²) in [5.74, 6) is 0.233. The van der Waals surface area contributed by atoms with Gasteiger partial charge in [0, 0.05) is 30.7 Å². The molecule has 1 saturated heterocycles. The van der Waals surface area contributed by atoms with E-state index in [2.05, 4.69) is 44.5 Å². The van der Waals surface area contributed by atoms with Gasteiger partial charge in [-0.25, -0.2) is 0 Å². The summed E-state index contributed by atoms with van der Waals surface area (Å²) in [6.45, 7) is 11.1. The molecule has 0 spiro atoms. The van der Waals surface area contributed by atoms with Gasteiger partial charge in [-0.05, 0) is 51.9 Å². The van der Waals surface area contributed by atoms with Crippen LogP contribution in [0, 0.1) is 13.8 Å². The molecule has 2 unspecified atom stereocenters. The van der Waals surface area contributed by atoms with E-state index in [1.165, 1.54) is 11.1 Å². The summed E-state index contributed by atoms with van der Waals surface area (Å²) >= 11 is 0. The quantitative estimate of drug-likeness (QED) is 0.791. The molecule has 0 bridgehead atoms. The topological polar surface area (TPSA) is 23.6 Å². The monoisotopic (exact) mass is 274 g/mol. The Morgan fingerprint density at radius 2 is 1.75 bits per heavy atom. The van der Waals surface area contributed by atoms with E-state index in [4.69, 9.17) is 0 Å². The van der Waals surface area contributed by atoms with Gasteiger partial charge in [-0.2, -0.15) is 0 Å². The molecular formula is C17H26N2O. The Morgan fingerprint density at radius 1 is 1.15 bits per heavy atom. The van der Waals surface area contributed by atoms with Gasteiger partial charge >= 0.3 is 0 Å². The lowest BCUT2D eigenvalue weighted by Gasteiger charge is -2.42. The van der Waals surface area contributed by atoms with E-state index in [1.807, 2.05) is 18.2 Å². The Balaban J connectivity index is 2.02. The van der Waals surface area contributed by atoms with Gasteiger partial charge in [0.2, 0.25) is 0 Å². The molecule has 3 heteroatoms. The minimum Gasteiger partial charge on any atom is -0.298 e. The number of ketones is 1. The number of hydrogen-bond donors (Lipinski definition) is 0. The number of Topliss-reactive ketones (excluding diaryl/α,β-unsaturated/α-hetero) is 1. The molecule has 0 radical (unpaired) electrons. The molecule has 1 heterocycles. The van der Waals surface area contributed by atoms with Crippen LogP contribution in [0.3, 0.4) is 0 Å². The van der Waals surface area contributed by atoms with Crippen molar-refractivity contribution < 1.29 is 4.79 Å². The molecule has 1 aliphatic heterocycles. The van der Waals surface area contributed by atoms with E-state index in [0.29, 0.717) is 18.6 Å². The van der Waals surface area contributed by atoms with Gasteiger partial charge in [0.25, 0.3) is 0 Å². The largest absolute Gasteiger partial charge is 0.298 e. The molecule has 2 atom stereocenters. The molecule has 0 N–H and O–H groups in total. The van der Waals surface area contributed by atoms with Crippen LogP contribution in [0.2, 0.25) is 0 Å². The van der Waals surface area contributed by atoms with Crippen LogP contribution in [0.25, 0.3) is 0 Å². The predicted octanol–water partition coefficient (Wildman–Crippen LogP) is 2.51. The summed E-state index contributed by atoms with van der Waals surface area (Å²) in [6.07, 6.45) is 0. The van der Waals surface area contributed by atoms with Crippen molar-refractivity contribution in [1.82, 2.24) is 9.80 Å². The summed E-state index contributed by atoms with van der Waals surface area (Å²) < 4.78 is 0. The zero-order valence-electron chi connectivity index (χ0n) is 13.3. The van der Waals surface area contributed by atoms with Crippen LogP contribution < -0.4 is 0 Å². The maximum Gasteiger partial charge on any atom is 0.176 e. The summed E-state index contributed by atoms with van der Waals surface area (Å²) in [6, 6.07) is 7.02. The first kappa shape index (κ1) is 15.2. The highest BCUT2D eigenvalue weighted by atomic mass is 16.1. The standard InChI is InChI=1S/C17H26N2O/c1-12-6-7-16(8-13(12)2)17(20)11-19-9-14(3)18(5)15(4)10-19/h6-8,14-15H,9-11H2,1-5H3. The number of carbonyl (C=O) groups is 1. The molecule has 1 aliphatic rings. The number of carbonyl (C=O) groups excluding carboxylic acids is 1. The number of benzene rings is 1. The zero-order chi connectivity index (χ0) is 14.9. The van der Waals surface area contributed by atoms with Crippen molar-refractivity contribution in [3.8, 4) is 0 Å². The van der Waals surface area contributed by atoms with Crippen molar-refractivity contribution in [3.05, 3.63) is 34.9 Å². The molecule has 1 aromatic rings. The SMILES string of the molecule is Cc1ccc(C(=O)CN2CC(C)N(C)C(C)C2)cc1C. The minimum atomic E-state index is 0.233. The first-order chi connectivity index (χ1) is 9.38. The molecule has 3 nitrogen and oxygen atoms in total. The number of likely N-dealkylation sites (N-methyl/N-ethyl adjacent to an activating group) is 1. The summed E-state index contributed by atoms with van der Waals surface area (Å²) in [5.41, 5.74) is 3.27. The van der Waals surface area contributed by atoms with Crippen LogP contribution in [-0.4, -0.2) is 54.3 Å². The first-order valence-corrected chi connectivity index (χ1v) is 7.43. The average Bonchev–Trinajstić information content (AvgIpc) is 2.39. The van der Waals surface area contributed by atoms with Crippen LogP contribution in [0.4, 0.5) is 0 Å². The fraction of sp³-hybridized carbons (Fsp3) is 0.588. The third kappa shape index (κ3) is 3.28. The predicted molar refractivity (Wildman–Crippen MR) is 83.4 cm³/mol. The first-order valence-electron chi connectivity index (χ1n) is 7.43. The van der Waals surface area contributed by atoms with Crippen molar-refractivity contribution in [1.29, 1.82) is 0 Å². The van der Waals surface area contributed by atoms with Gasteiger partial charge in [0.05, 0.1) is 6.54 Å². The lowest BCUT2D eigenvalue weighted by Crippen LogP contribution is -2.55. The van der Waals surface area contributed by atoms with Crippen molar-refractivity contribution >= 4 is 5.78 Å². The fourth-order valence-corrected chi connectivity index (χ4v) is 2.85. The van der Waals surface area contributed by atoms with Crippen LogP contribution >= 0.6 is 0 Å². The van der Waals surface area contributed by atoms with Crippen LogP contribution in [-0.2, 0) is 0 Å². The van der Waals surface area contributed by atoms with Crippen molar-refractivity contribution in [3.63, 3.8) is 0 Å². The second-order valence-electron chi connectivity index (χ2n) is 6.28. The van der Waals surface area contributed by atoms with E-state index < -0.39 is 0 Å². The highest BCUT2D eigenvalue weighted by Crippen LogP contribution is 2.15. The molecule has 0 aromatic heterocycles. The Labute approximate surface area is 122 Å². The maximum atomic E-state index is 12.4. The summed E-state index contributed by atoms with van der Waals surface area (Å²) in [7, 11) is 2.16. The summed E-state index contributed by atoms with van der Waals surface area (Å²) in [5, 5.41) is 0. The molecule has 20 heavy (non-hydrogen) atoms. The highest BCUT2D eigenvalue weighted by Gasteiger charge is 2.27. The van der Waals surface area contributed by atoms with Crippen molar-refractivity contribution in [2.45, 2.75) is 39.8 Å². The lowest BCUT2D eigenvalue weighted by molar-refractivity contribution is 0.0549. The van der Waals surface area contributed by atoms with Crippen LogP contribution in [0.1, 0.15) is 35.3 Å². The van der Waals surface area contributed by atoms with E-state index in [1.54, 1.807) is 0 Å². The van der Waals surface area contributed by atoms with E-state index in [9.17, 15) is 4.79 Å². The third-order valence-electron chi connectivity index (χ3n) is 4.63. The number of rotatable bonds is 3. The molecule has 0 amide bonds. The molecule has 0 saturated carbocycles. The molecule has 2 rings (SSSR count). The van der Waals surface area contributed by atoms with E-state index >= 15 is 0 Å². The highest BCUT2D eigenvalue weighted by molar-refractivity contribution is 5.97. The van der Waals surface area contributed by atoms with E-state index in [0.717, 1.165) is 18.7 Å². The van der Waals surface area contributed by atoms with Crippen LogP contribution in [0.15, 0.2) is 18.2 Å². The van der Waals surface area contributed by atoms with Gasteiger partial charge < -0.3 is 0 Å². The third-order valence-corrected chi connectivity index (χ3v) is 4.63. The molecular weight excluding hydrogens is 248 g/mol. The number of piperazine rings is 1. The zero-order valence-corrected chi connectivity index (χ0v) is 13.3. The fourth-order valence-electron chi connectivity index (χ4n) is 2.85.